The maximum Gasteiger partial charge on any atom is 0.337 e. The number of carboxylic acid groups (broad SMARTS) is 1. The van der Waals surface area contributed by atoms with Crippen molar-refractivity contribution in [1.82, 2.24) is 4.57 Å². The summed E-state index contributed by atoms with van der Waals surface area (Å²) in [5, 5.41) is 13.7. The van der Waals surface area contributed by atoms with Crippen molar-refractivity contribution in [2.24, 2.45) is 0 Å². The Balaban J connectivity index is 1.39. The van der Waals surface area contributed by atoms with E-state index in [9.17, 15) is 9.90 Å². The predicted octanol–water partition coefficient (Wildman–Crippen LogP) is 13.2. The van der Waals surface area contributed by atoms with E-state index in [1.54, 1.807) is 0 Å². The third-order valence-corrected chi connectivity index (χ3v) is 12.2. The molecule has 0 amide bonds. The third kappa shape index (κ3) is 4.68. The number of rotatable bonds is 3. The lowest BCUT2D eigenvalue weighted by atomic mass is 9.62. The van der Waals surface area contributed by atoms with E-state index in [-0.39, 0.29) is 10.8 Å². The molecule has 7 aromatic carbocycles. The Morgan fingerprint density at radius 1 is 0.518 bits per heavy atom. The standard InChI is InChI=1S/C52H44N2O2/c1-50(2,3)32-24-27-46-43(29-32)52(41-21-13-10-18-36(41)37-19-11-14-22-42(37)52)44-30-33(51(4,5)6)28-40(49(55)56)48(44)54(46)35-25-26-39-38-20-12-15-23-45(38)53(47(39)31-35)34-16-8-7-9-17-34/h7-31H,1-6H3,(H,55,56). The molecule has 1 aliphatic heterocycles. The van der Waals surface area contributed by atoms with Crippen LogP contribution in [-0.2, 0) is 16.2 Å². The first kappa shape index (κ1) is 34.1. The van der Waals surface area contributed by atoms with Gasteiger partial charge in [0, 0.05) is 22.1 Å². The molecule has 0 fully saturated rings. The van der Waals surface area contributed by atoms with E-state index in [1.807, 2.05) is 12.1 Å². The molecule has 0 saturated heterocycles. The number of nitrogens with zero attached hydrogens (tertiary/aromatic N) is 2. The van der Waals surface area contributed by atoms with Crippen molar-refractivity contribution in [2.45, 2.75) is 57.8 Å². The average Bonchev–Trinajstić information content (AvgIpc) is 3.68. The Kier molecular flexibility index (Phi) is 7.19. The number of anilines is 3. The summed E-state index contributed by atoms with van der Waals surface area (Å²) in [7, 11) is 0. The van der Waals surface area contributed by atoms with Gasteiger partial charge in [0.2, 0.25) is 0 Å². The minimum atomic E-state index is -0.943. The van der Waals surface area contributed by atoms with E-state index in [1.165, 1.54) is 33.2 Å². The number of hydrogen-bond acceptors (Lipinski definition) is 2. The summed E-state index contributed by atoms with van der Waals surface area (Å²) in [5.74, 6) is -0.943. The zero-order chi connectivity index (χ0) is 38.7. The van der Waals surface area contributed by atoms with E-state index in [4.69, 9.17) is 0 Å². The summed E-state index contributed by atoms with van der Waals surface area (Å²) in [6.45, 7) is 13.3. The third-order valence-electron chi connectivity index (χ3n) is 12.2. The first-order valence-corrected chi connectivity index (χ1v) is 19.5. The molecule has 4 heteroatoms. The molecule has 1 aromatic heterocycles. The Hall–Kier alpha value is -6.39. The summed E-state index contributed by atoms with van der Waals surface area (Å²) in [4.78, 5) is 16.1. The number of hydrogen-bond donors (Lipinski definition) is 1. The molecular weight excluding hydrogens is 685 g/mol. The molecule has 0 saturated carbocycles. The summed E-state index contributed by atoms with van der Waals surface area (Å²) in [6, 6.07) is 54.3. The number of fused-ring (bicyclic) bond motifs is 12. The van der Waals surface area contributed by atoms with Gasteiger partial charge in [-0.1, -0.05) is 151 Å². The zero-order valence-electron chi connectivity index (χ0n) is 32.7. The summed E-state index contributed by atoms with van der Waals surface area (Å²) >= 11 is 0. The highest BCUT2D eigenvalue weighted by atomic mass is 16.4. The van der Waals surface area contributed by atoms with Crippen molar-refractivity contribution >= 4 is 44.8 Å². The molecule has 0 bridgehead atoms. The summed E-state index contributed by atoms with van der Waals surface area (Å²) in [6.07, 6.45) is 0. The number of para-hydroxylation sites is 2. The van der Waals surface area contributed by atoms with Crippen molar-refractivity contribution in [2.75, 3.05) is 4.90 Å². The lowest BCUT2D eigenvalue weighted by molar-refractivity contribution is 0.0697. The number of benzene rings is 7. The van der Waals surface area contributed by atoms with Gasteiger partial charge in [0.15, 0.2) is 0 Å². The Labute approximate surface area is 328 Å². The molecule has 0 radical (unpaired) electrons. The van der Waals surface area contributed by atoms with Gasteiger partial charge >= 0.3 is 5.97 Å². The highest BCUT2D eigenvalue weighted by Gasteiger charge is 2.53. The van der Waals surface area contributed by atoms with Gasteiger partial charge in [0.05, 0.1) is 33.4 Å². The van der Waals surface area contributed by atoms with Crippen molar-refractivity contribution in [3.63, 3.8) is 0 Å². The fourth-order valence-corrected chi connectivity index (χ4v) is 9.56. The molecule has 10 rings (SSSR count). The largest absolute Gasteiger partial charge is 0.478 e. The monoisotopic (exact) mass is 728 g/mol. The van der Waals surface area contributed by atoms with Crippen LogP contribution in [0.25, 0.3) is 38.6 Å². The van der Waals surface area contributed by atoms with E-state index in [0.717, 1.165) is 50.2 Å². The van der Waals surface area contributed by atoms with E-state index in [0.29, 0.717) is 11.3 Å². The smallest absolute Gasteiger partial charge is 0.337 e. The lowest BCUT2D eigenvalue weighted by Gasteiger charge is -2.46. The van der Waals surface area contributed by atoms with Crippen molar-refractivity contribution in [3.8, 4) is 16.8 Å². The fraction of sp³-hybridized carbons (Fsp3) is 0.173. The molecule has 1 N–H and O–H groups in total. The number of aromatic carboxylic acids is 1. The van der Waals surface area contributed by atoms with Gasteiger partial charge in [-0.25, -0.2) is 4.79 Å². The van der Waals surface area contributed by atoms with Gasteiger partial charge < -0.3 is 14.6 Å². The molecule has 0 atom stereocenters. The summed E-state index contributed by atoms with van der Waals surface area (Å²) < 4.78 is 2.33. The van der Waals surface area contributed by atoms with Gasteiger partial charge in [-0.2, -0.15) is 0 Å². The second-order valence-electron chi connectivity index (χ2n) is 17.5. The van der Waals surface area contributed by atoms with Crippen LogP contribution in [-0.4, -0.2) is 15.6 Å². The average molecular weight is 729 g/mol. The Bertz CT molecular complexity index is 2870. The number of aromatic nitrogens is 1. The Morgan fingerprint density at radius 2 is 1.11 bits per heavy atom. The van der Waals surface area contributed by atoms with Crippen LogP contribution in [0.1, 0.15) is 85.3 Å². The predicted molar refractivity (Wildman–Crippen MR) is 231 cm³/mol. The molecule has 1 aliphatic carbocycles. The molecular formula is C52H44N2O2. The molecule has 8 aromatic rings. The molecule has 56 heavy (non-hydrogen) atoms. The molecule has 1 spiro atoms. The molecule has 2 aliphatic rings. The molecule has 274 valence electrons. The van der Waals surface area contributed by atoms with Crippen LogP contribution < -0.4 is 4.90 Å². The highest BCUT2D eigenvalue weighted by Crippen LogP contribution is 2.64. The van der Waals surface area contributed by atoms with Gasteiger partial charge in [-0.15, -0.1) is 0 Å². The SMILES string of the molecule is CC(C)(C)c1ccc2c(c1)C1(c3ccccc3-c3ccccc31)c1cc(C(C)(C)C)cc(C(=O)O)c1N2c1ccc2c3ccccc3n(-c3ccccc3)c2c1. The minimum absolute atomic E-state index is 0.131. The van der Waals surface area contributed by atoms with Crippen molar-refractivity contribution in [3.05, 3.63) is 191 Å². The van der Waals surface area contributed by atoms with E-state index >= 15 is 0 Å². The van der Waals surface area contributed by atoms with Gasteiger partial charge in [-0.3, -0.25) is 0 Å². The van der Waals surface area contributed by atoms with Crippen LogP contribution in [0.2, 0.25) is 0 Å². The summed E-state index contributed by atoms with van der Waals surface area (Å²) in [5.41, 5.74) is 14.0. The first-order valence-electron chi connectivity index (χ1n) is 19.5. The number of carbonyl (C=O) groups is 1. The molecule has 4 nitrogen and oxygen atoms in total. The Morgan fingerprint density at radius 3 is 1.77 bits per heavy atom. The van der Waals surface area contributed by atoms with Gasteiger partial charge in [-0.05, 0) is 97.8 Å². The van der Waals surface area contributed by atoms with Crippen LogP contribution in [0.15, 0.2) is 152 Å². The van der Waals surface area contributed by atoms with Gasteiger partial charge in [0.1, 0.15) is 0 Å². The second kappa shape index (κ2) is 11.8. The van der Waals surface area contributed by atoms with Crippen LogP contribution in [0.3, 0.4) is 0 Å². The van der Waals surface area contributed by atoms with Crippen LogP contribution in [0.5, 0.6) is 0 Å². The van der Waals surface area contributed by atoms with Crippen LogP contribution >= 0.6 is 0 Å². The quantitative estimate of drug-likeness (QED) is 0.197. The zero-order valence-corrected chi connectivity index (χ0v) is 32.7. The van der Waals surface area contributed by atoms with Crippen molar-refractivity contribution in [1.29, 1.82) is 0 Å². The first-order chi connectivity index (χ1) is 26.9. The maximum atomic E-state index is 13.9. The van der Waals surface area contributed by atoms with Crippen LogP contribution in [0, 0.1) is 0 Å². The minimum Gasteiger partial charge on any atom is -0.478 e. The normalized spacial score (nSPS) is 14.1. The van der Waals surface area contributed by atoms with Crippen molar-refractivity contribution < 1.29 is 9.90 Å². The molecule has 2 heterocycles. The fourth-order valence-electron chi connectivity index (χ4n) is 9.56. The van der Waals surface area contributed by atoms with Gasteiger partial charge in [0.25, 0.3) is 0 Å². The molecule has 0 unspecified atom stereocenters. The number of carboxylic acids is 1. The van der Waals surface area contributed by atoms with E-state index in [2.05, 4.69) is 191 Å². The topological polar surface area (TPSA) is 45.5 Å². The maximum absolute atomic E-state index is 13.9. The highest BCUT2D eigenvalue weighted by molar-refractivity contribution is 6.11. The lowest BCUT2D eigenvalue weighted by Crippen LogP contribution is -2.38. The van der Waals surface area contributed by atoms with E-state index < -0.39 is 11.4 Å². The second-order valence-corrected chi connectivity index (χ2v) is 17.5. The van der Waals surface area contributed by atoms with Crippen LogP contribution in [0.4, 0.5) is 17.1 Å².